The summed E-state index contributed by atoms with van der Waals surface area (Å²) in [6, 6.07) is 6.16. The van der Waals surface area contributed by atoms with Crippen LogP contribution in [0.2, 0.25) is 0 Å². The van der Waals surface area contributed by atoms with Gasteiger partial charge in [0.25, 0.3) is 0 Å². The lowest BCUT2D eigenvalue weighted by Gasteiger charge is -2.33. The van der Waals surface area contributed by atoms with E-state index in [0.29, 0.717) is 19.0 Å². The molecule has 0 spiro atoms. The van der Waals surface area contributed by atoms with Crippen LogP contribution in [0.25, 0.3) is 0 Å². The van der Waals surface area contributed by atoms with Crippen LogP contribution in [0.1, 0.15) is 36.8 Å². The number of anilines is 1. The Morgan fingerprint density at radius 2 is 2.27 bits per heavy atom. The molecule has 0 aromatic carbocycles. The Labute approximate surface area is 199 Å². The lowest BCUT2D eigenvalue weighted by atomic mass is 9.97. The second-order valence-electron chi connectivity index (χ2n) is 7.44. The number of piperidine rings is 1. The molecular formula is C21H31IN6OS. The van der Waals surface area contributed by atoms with E-state index in [9.17, 15) is 4.79 Å². The number of aliphatic imine (C=N–C) groups is 1. The minimum atomic E-state index is -0.227. The summed E-state index contributed by atoms with van der Waals surface area (Å²) in [6.45, 7) is 5.13. The van der Waals surface area contributed by atoms with Crippen molar-refractivity contribution < 1.29 is 4.79 Å². The van der Waals surface area contributed by atoms with E-state index >= 15 is 0 Å². The first kappa shape index (κ1) is 24.4. The molecule has 3 heterocycles. The predicted molar refractivity (Wildman–Crippen MR) is 135 cm³/mol. The monoisotopic (exact) mass is 542 g/mol. The summed E-state index contributed by atoms with van der Waals surface area (Å²) in [5.41, 5.74) is 7.94. The van der Waals surface area contributed by atoms with Gasteiger partial charge in [-0.05, 0) is 47.2 Å². The van der Waals surface area contributed by atoms with E-state index in [-0.39, 0.29) is 35.8 Å². The number of amides is 1. The van der Waals surface area contributed by atoms with Crippen LogP contribution in [0, 0.1) is 5.92 Å². The average Bonchev–Trinajstić information content (AvgIpc) is 3.29. The van der Waals surface area contributed by atoms with Crippen molar-refractivity contribution >= 4 is 53.0 Å². The van der Waals surface area contributed by atoms with Gasteiger partial charge in [0.2, 0.25) is 5.91 Å². The molecule has 0 aliphatic carbocycles. The van der Waals surface area contributed by atoms with Gasteiger partial charge in [0.15, 0.2) is 5.96 Å². The average molecular weight is 542 g/mol. The maximum absolute atomic E-state index is 11.6. The molecule has 2 aromatic rings. The van der Waals surface area contributed by atoms with Crippen LogP contribution in [0.15, 0.2) is 40.1 Å². The van der Waals surface area contributed by atoms with Crippen LogP contribution >= 0.6 is 35.3 Å². The molecular weight excluding hydrogens is 511 g/mol. The van der Waals surface area contributed by atoms with E-state index in [1.165, 1.54) is 5.56 Å². The maximum atomic E-state index is 11.6. The second kappa shape index (κ2) is 12.1. The van der Waals surface area contributed by atoms with E-state index in [1.54, 1.807) is 24.6 Å². The molecule has 7 nitrogen and oxygen atoms in total. The van der Waals surface area contributed by atoms with Crippen LogP contribution in [-0.4, -0.2) is 43.5 Å². The molecule has 1 aliphatic heterocycles. The minimum absolute atomic E-state index is 0. The summed E-state index contributed by atoms with van der Waals surface area (Å²) in [6.07, 6.45) is 3.59. The molecule has 164 valence electrons. The van der Waals surface area contributed by atoms with E-state index < -0.39 is 0 Å². The van der Waals surface area contributed by atoms with Gasteiger partial charge in [0.05, 0.1) is 5.92 Å². The predicted octanol–water partition coefficient (Wildman–Crippen LogP) is 2.93. The van der Waals surface area contributed by atoms with Crippen LogP contribution in [-0.2, 0) is 11.3 Å². The zero-order valence-electron chi connectivity index (χ0n) is 17.5. The number of primary amides is 1. The number of rotatable bonds is 7. The standard InChI is InChI=1S/C21H30N6OS.HI/c1-15(18-7-10-29-14-18)11-25-21(23-2)26-12-16-5-3-8-24-20(16)27-9-4-6-17(13-27)19(22)28;/h3,5,7-8,10,14-15,17H,4,6,9,11-13H2,1-2H3,(H2,22,28)(H2,23,25,26);1H. The Balaban J connectivity index is 0.00000320. The fourth-order valence-corrected chi connectivity index (χ4v) is 4.36. The first-order valence-electron chi connectivity index (χ1n) is 10.0. The molecule has 9 heteroatoms. The number of hydrogen-bond acceptors (Lipinski definition) is 5. The van der Waals surface area contributed by atoms with Gasteiger partial charge < -0.3 is 21.3 Å². The highest BCUT2D eigenvalue weighted by Gasteiger charge is 2.26. The number of carbonyl (C=O) groups excluding carboxylic acids is 1. The van der Waals surface area contributed by atoms with Gasteiger partial charge in [-0.25, -0.2) is 4.98 Å². The lowest BCUT2D eigenvalue weighted by molar-refractivity contribution is -0.122. The molecule has 0 radical (unpaired) electrons. The second-order valence-corrected chi connectivity index (χ2v) is 8.22. The number of nitrogens with zero attached hydrogens (tertiary/aromatic N) is 3. The van der Waals surface area contributed by atoms with Crippen molar-refractivity contribution in [3.05, 3.63) is 46.3 Å². The third-order valence-electron chi connectivity index (χ3n) is 5.35. The first-order chi connectivity index (χ1) is 14.1. The van der Waals surface area contributed by atoms with Crippen LogP contribution < -0.4 is 21.3 Å². The third-order valence-corrected chi connectivity index (χ3v) is 6.05. The first-order valence-corrected chi connectivity index (χ1v) is 11.0. The molecule has 0 saturated carbocycles. The third kappa shape index (κ3) is 6.56. The van der Waals surface area contributed by atoms with E-state index in [4.69, 9.17) is 5.73 Å². The van der Waals surface area contributed by atoms with Crippen LogP contribution in [0.5, 0.6) is 0 Å². The summed E-state index contributed by atoms with van der Waals surface area (Å²) in [5.74, 6) is 1.74. The minimum Gasteiger partial charge on any atom is -0.369 e. The Hall–Kier alpha value is -1.88. The smallest absolute Gasteiger partial charge is 0.222 e. The van der Waals surface area contributed by atoms with Crippen LogP contribution in [0.4, 0.5) is 5.82 Å². The van der Waals surface area contributed by atoms with Gasteiger partial charge in [-0.2, -0.15) is 11.3 Å². The number of halogens is 1. The Morgan fingerprint density at radius 1 is 1.43 bits per heavy atom. The number of aromatic nitrogens is 1. The Bertz CT molecular complexity index is 829. The molecule has 2 atom stereocenters. The number of hydrogen-bond donors (Lipinski definition) is 3. The van der Waals surface area contributed by atoms with Gasteiger partial charge >= 0.3 is 0 Å². The Kier molecular flexibility index (Phi) is 9.83. The molecule has 1 aliphatic rings. The summed E-state index contributed by atoms with van der Waals surface area (Å²) in [7, 11) is 1.77. The molecule has 1 saturated heterocycles. The molecule has 2 unspecified atom stereocenters. The van der Waals surface area contributed by atoms with Gasteiger partial charge in [-0.3, -0.25) is 9.79 Å². The van der Waals surface area contributed by atoms with Crippen molar-refractivity contribution in [1.82, 2.24) is 15.6 Å². The van der Waals surface area contributed by atoms with Gasteiger partial charge in [-0.1, -0.05) is 13.0 Å². The molecule has 1 amide bonds. The van der Waals surface area contributed by atoms with Gasteiger partial charge in [0.1, 0.15) is 5.82 Å². The maximum Gasteiger partial charge on any atom is 0.222 e. The highest BCUT2D eigenvalue weighted by atomic mass is 127. The number of carbonyl (C=O) groups is 1. The normalized spacial score (nSPS) is 17.7. The number of thiophene rings is 1. The SMILES string of the molecule is CN=C(NCc1cccnc1N1CCCC(C(N)=O)C1)NCC(C)c1ccsc1.I. The number of guanidine groups is 1. The van der Waals surface area contributed by atoms with E-state index in [2.05, 4.69) is 55.3 Å². The quantitative estimate of drug-likeness (QED) is 0.284. The molecule has 3 rings (SSSR count). The van der Waals surface area contributed by atoms with E-state index in [1.807, 2.05) is 6.07 Å². The molecule has 1 fully saturated rings. The van der Waals surface area contributed by atoms with Crippen LogP contribution in [0.3, 0.4) is 0 Å². The molecule has 30 heavy (non-hydrogen) atoms. The zero-order valence-corrected chi connectivity index (χ0v) is 20.7. The van der Waals surface area contributed by atoms with Crippen molar-refractivity contribution in [3.63, 3.8) is 0 Å². The summed E-state index contributed by atoms with van der Waals surface area (Å²) in [5, 5.41) is 11.1. The van der Waals surface area contributed by atoms with E-state index in [0.717, 1.165) is 43.3 Å². The van der Waals surface area contributed by atoms with Crippen molar-refractivity contribution in [1.29, 1.82) is 0 Å². The summed E-state index contributed by atoms with van der Waals surface area (Å²) in [4.78, 5) is 22.7. The molecule has 2 aromatic heterocycles. The largest absolute Gasteiger partial charge is 0.369 e. The van der Waals surface area contributed by atoms with Gasteiger partial charge in [-0.15, -0.1) is 24.0 Å². The lowest BCUT2D eigenvalue weighted by Crippen LogP contribution is -2.42. The van der Waals surface area contributed by atoms with Crippen molar-refractivity contribution in [2.24, 2.45) is 16.6 Å². The fourth-order valence-electron chi connectivity index (χ4n) is 3.58. The molecule has 4 N–H and O–H groups in total. The summed E-state index contributed by atoms with van der Waals surface area (Å²) < 4.78 is 0. The highest BCUT2D eigenvalue weighted by Crippen LogP contribution is 2.24. The number of pyridine rings is 1. The highest BCUT2D eigenvalue weighted by molar-refractivity contribution is 14.0. The zero-order chi connectivity index (χ0) is 20.6. The topological polar surface area (TPSA) is 95.6 Å². The summed E-state index contributed by atoms with van der Waals surface area (Å²) >= 11 is 1.72. The van der Waals surface area contributed by atoms with Gasteiger partial charge in [0, 0.05) is 45.0 Å². The number of nitrogens with two attached hydrogens (primary N) is 1. The van der Waals surface area contributed by atoms with Crippen molar-refractivity contribution in [2.75, 3.05) is 31.6 Å². The van der Waals surface area contributed by atoms with Crippen molar-refractivity contribution in [2.45, 2.75) is 32.2 Å². The fraction of sp³-hybridized carbons (Fsp3) is 0.476. The Morgan fingerprint density at radius 3 is 2.97 bits per heavy atom. The molecule has 0 bridgehead atoms. The van der Waals surface area contributed by atoms with Crippen molar-refractivity contribution in [3.8, 4) is 0 Å². The number of nitrogens with one attached hydrogen (secondary N) is 2.